The second-order valence-electron chi connectivity index (χ2n) is 7.58. The third-order valence-corrected chi connectivity index (χ3v) is 5.93. The SMILES string of the molecule is Cc1ccc(C2=C(Nc3ccc(Cl)cc3C)C(=O)N(c3ccc(C)c(Cl)c3)C2=O)cc1. The molecule has 0 saturated heterocycles. The Bertz CT molecular complexity index is 1250. The molecule has 0 saturated carbocycles. The van der Waals surface area contributed by atoms with Crippen molar-refractivity contribution in [2.45, 2.75) is 20.8 Å². The zero-order valence-corrected chi connectivity index (χ0v) is 18.8. The van der Waals surface area contributed by atoms with Gasteiger partial charge in [-0.1, -0.05) is 59.1 Å². The summed E-state index contributed by atoms with van der Waals surface area (Å²) in [5.41, 5.74) is 5.12. The van der Waals surface area contributed by atoms with E-state index >= 15 is 0 Å². The second-order valence-corrected chi connectivity index (χ2v) is 8.42. The van der Waals surface area contributed by atoms with Gasteiger partial charge in [0.05, 0.1) is 11.3 Å². The molecule has 0 atom stereocenters. The standard InChI is InChI=1S/C25H20Cl2N2O2/c1-14-4-7-17(8-5-14)22-23(28-21-11-9-18(26)12-16(21)3)25(31)29(24(22)30)19-10-6-15(2)20(27)13-19/h4-13,28H,1-3H3. The number of hydrogen-bond acceptors (Lipinski definition) is 3. The molecule has 0 aliphatic carbocycles. The summed E-state index contributed by atoms with van der Waals surface area (Å²) in [7, 11) is 0. The number of aryl methyl sites for hydroxylation is 3. The topological polar surface area (TPSA) is 49.4 Å². The molecule has 0 bridgehead atoms. The normalized spacial score (nSPS) is 13.9. The van der Waals surface area contributed by atoms with Gasteiger partial charge in [-0.15, -0.1) is 0 Å². The highest BCUT2D eigenvalue weighted by molar-refractivity contribution is 6.46. The monoisotopic (exact) mass is 450 g/mol. The van der Waals surface area contributed by atoms with E-state index in [0.29, 0.717) is 32.6 Å². The first-order chi connectivity index (χ1) is 14.8. The van der Waals surface area contributed by atoms with Crippen LogP contribution in [0.1, 0.15) is 22.3 Å². The smallest absolute Gasteiger partial charge is 0.282 e. The number of anilines is 2. The molecule has 0 fully saturated rings. The van der Waals surface area contributed by atoms with Gasteiger partial charge >= 0.3 is 0 Å². The molecule has 3 aromatic carbocycles. The number of carbonyl (C=O) groups excluding carboxylic acids is 2. The zero-order valence-electron chi connectivity index (χ0n) is 17.3. The van der Waals surface area contributed by atoms with Crippen LogP contribution in [0.3, 0.4) is 0 Å². The van der Waals surface area contributed by atoms with Gasteiger partial charge in [-0.3, -0.25) is 9.59 Å². The van der Waals surface area contributed by atoms with Gasteiger partial charge in [0.15, 0.2) is 0 Å². The van der Waals surface area contributed by atoms with Crippen LogP contribution in [0.25, 0.3) is 5.57 Å². The van der Waals surface area contributed by atoms with Gasteiger partial charge in [0.25, 0.3) is 11.8 Å². The van der Waals surface area contributed by atoms with Crippen LogP contribution in [0.2, 0.25) is 10.0 Å². The molecule has 156 valence electrons. The van der Waals surface area contributed by atoms with Crippen molar-refractivity contribution in [2.24, 2.45) is 0 Å². The number of halogens is 2. The molecule has 31 heavy (non-hydrogen) atoms. The van der Waals surface area contributed by atoms with E-state index < -0.39 is 11.8 Å². The van der Waals surface area contributed by atoms with E-state index in [1.54, 1.807) is 36.4 Å². The number of imide groups is 1. The first kappa shape index (κ1) is 21.2. The quantitative estimate of drug-likeness (QED) is 0.473. The molecule has 1 aliphatic rings. The number of nitrogens with zero attached hydrogens (tertiary/aromatic N) is 1. The predicted octanol–water partition coefficient (Wildman–Crippen LogP) is 6.32. The number of amides is 2. The van der Waals surface area contributed by atoms with E-state index in [2.05, 4.69) is 5.32 Å². The minimum atomic E-state index is -0.435. The molecule has 0 aromatic heterocycles. The van der Waals surface area contributed by atoms with Gasteiger partial charge in [0.1, 0.15) is 5.70 Å². The van der Waals surface area contributed by atoms with Gasteiger partial charge in [-0.05, 0) is 67.8 Å². The number of benzene rings is 3. The largest absolute Gasteiger partial charge is 0.350 e. The van der Waals surface area contributed by atoms with Crippen molar-refractivity contribution in [1.82, 2.24) is 0 Å². The fourth-order valence-electron chi connectivity index (χ4n) is 3.49. The molecule has 1 N–H and O–H groups in total. The van der Waals surface area contributed by atoms with Crippen molar-refractivity contribution in [1.29, 1.82) is 0 Å². The molecular formula is C25H20Cl2N2O2. The summed E-state index contributed by atoms with van der Waals surface area (Å²) in [6.45, 7) is 5.72. The minimum Gasteiger partial charge on any atom is -0.350 e. The van der Waals surface area contributed by atoms with E-state index in [4.69, 9.17) is 23.2 Å². The molecule has 0 unspecified atom stereocenters. The molecule has 3 aromatic rings. The summed E-state index contributed by atoms with van der Waals surface area (Å²) in [4.78, 5) is 28.1. The zero-order chi connectivity index (χ0) is 22.3. The number of carbonyl (C=O) groups is 2. The Balaban J connectivity index is 1.84. The summed E-state index contributed by atoms with van der Waals surface area (Å²) in [6, 6.07) is 18.0. The Morgan fingerprint density at radius 1 is 0.774 bits per heavy atom. The van der Waals surface area contributed by atoms with Gasteiger partial charge in [0, 0.05) is 15.7 Å². The van der Waals surface area contributed by atoms with E-state index in [9.17, 15) is 9.59 Å². The van der Waals surface area contributed by atoms with Gasteiger partial charge in [0.2, 0.25) is 0 Å². The van der Waals surface area contributed by atoms with Crippen LogP contribution in [0.4, 0.5) is 11.4 Å². The van der Waals surface area contributed by atoms with Gasteiger partial charge in [-0.25, -0.2) is 4.90 Å². The van der Waals surface area contributed by atoms with Crippen molar-refractivity contribution < 1.29 is 9.59 Å². The number of rotatable bonds is 4. The fraction of sp³-hybridized carbons (Fsp3) is 0.120. The average molecular weight is 451 g/mol. The first-order valence-electron chi connectivity index (χ1n) is 9.75. The summed E-state index contributed by atoms with van der Waals surface area (Å²) in [5, 5.41) is 4.27. The van der Waals surface area contributed by atoms with Gasteiger partial charge < -0.3 is 5.32 Å². The van der Waals surface area contributed by atoms with Crippen molar-refractivity contribution in [3.05, 3.63) is 98.7 Å². The summed E-state index contributed by atoms with van der Waals surface area (Å²) < 4.78 is 0. The van der Waals surface area contributed by atoms with Crippen LogP contribution in [0.5, 0.6) is 0 Å². The molecule has 4 rings (SSSR count). The van der Waals surface area contributed by atoms with Crippen LogP contribution >= 0.6 is 23.2 Å². The second kappa shape index (κ2) is 8.22. The number of nitrogens with one attached hydrogen (secondary N) is 1. The van der Waals surface area contributed by atoms with Gasteiger partial charge in [-0.2, -0.15) is 0 Å². The Morgan fingerprint density at radius 3 is 2.13 bits per heavy atom. The lowest BCUT2D eigenvalue weighted by molar-refractivity contribution is -0.120. The Kier molecular flexibility index (Phi) is 5.61. The van der Waals surface area contributed by atoms with Crippen LogP contribution in [0, 0.1) is 20.8 Å². The lowest BCUT2D eigenvalue weighted by atomic mass is 10.0. The maximum atomic E-state index is 13.5. The minimum absolute atomic E-state index is 0.218. The van der Waals surface area contributed by atoms with Crippen molar-refractivity contribution in [3.63, 3.8) is 0 Å². The maximum Gasteiger partial charge on any atom is 0.282 e. The summed E-state index contributed by atoms with van der Waals surface area (Å²) in [5.74, 6) is -0.835. The highest BCUT2D eigenvalue weighted by Gasteiger charge is 2.40. The summed E-state index contributed by atoms with van der Waals surface area (Å²) >= 11 is 12.3. The van der Waals surface area contributed by atoms with Crippen molar-refractivity contribution in [2.75, 3.05) is 10.2 Å². The molecular weight excluding hydrogens is 431 g/mol. The molecule has 1 heterocycles. The molecule has 6 heteroatoms. The maximum absolute atomic E-state index is 13.5. The third-order valence-electron chi connectivity index (χ3n) is 5.29. The van der Waals surface area contributed by atoms with Crippen LogP contribution in [-0.4, -0.2) is 11.8 Å². The lowest BCUT2D eigenvalue weighted by Gasteiger charge is -2.16. The van der Waals surface area contributed by atoms with Crippen molar-refractivity contribution in [3.8, 4) is 0 Å². The van der Waals surface area contributed by atoms with E-state index in [0.717, 1.165) is 21.6 Å². The Hall–Kier alpha value is -3.08. The molecule has 2 amide bonds. The number of hydrogen-bond donors (Lipinski definition) is 1. The van der Waals surface area contributed by atoms with E-state index in [1.165, 1.54) is 0 Å². The van der Waals surface area contributed by atoms with Crippen molar-refractivity contribution >= 4 is 52.0 Å². The summed E-state index contributed by atoms with van der Waals surface area (Å²) in [6.07, 6.45) is 0. The van der Waals surface area contributed by atoms with Crippen LogP contribution < -0.4 is 10.2 Å². The molecule has 1 aliphatic heterocycles. The highest BCUT2D eigenvalue weighted by Crippen LogP contribution is 2.36. The average Bonchev–Trinajstić information content (AvgIpc) is 2.97. The highest BCUT2D eigenvalue weighted by atomic mass is 35.5. The molecule has 0 radical (unpaired) electrons. The first-order valence-corrected chi connectivity index (χ1v) is 10.5. The predicted molar refractivity (Wildman–Crippen MR) is 127 cm³/mol. The van der Waals surface area contributed by atoms with Crippen LogP contribution in [-0.2, 0) is 9.59 Å². The van der Waals surface area contributed by atoms with Crippen LogP contribution in [0.15, 0.2) is 66.4 Å². The lowest BCUT2D eigenvalue weighted by Crippen LogP contribution is -2.32. The fourth-order valence-corrected chi connectivity index (χ4v) is 3.89. The van der Waals surface area contributed by atoms with E-state index in [1.807, 2.05) is 45.0 Å². The molecule has 0 spiro atoms. The third kappa shape index (κ3) is 3.97. The molecule has 4 nitrogen and oxygen atoms in total. The Labute approximate surface area is 191 Å². The Morgan fingerprint density at radius 2 is 1.48 bits per heavy atom. The van der Waals surface area contributed by atoms with E-state index in [-0.39, 0.29) is 5.70 Å².